The fraction of sp³-hybridized carbons (Fsp3) is 0.571. The average molecular weight is 1110 g/mol. The second-order valence-corrected chi connectivity index (χ2v) is 22.4. The van der Waals surface area contributed by atoms with Gasteiger partial charge in [0.15, 0.2) is 0 Å². The van der Waals surface area contributed by atoms with Crippen molar-refractivity contribution in [1.29, 1.82) is 0 Å². The number of anilines is 2. The van der Waals surface area contributed by atoms with Crippen LogP contribution in [-0.4, -0.2) is 102 Å². The van der Waals surface area contributed by atoms with Gasteiger partial charge < -0.3 is 45.7 Å². The highest BCUT2D eigenvalue weighted by Crippen LogP contribution is 2.36. The molecule has 1 amide bonds. The number of aryl methyl sites for hydroxylation is 2. The van der Waals surface area contributed by atoms with Gasteiger partial charge in [-0.05, 0) is 192 Å². The third-order valence-corrected chi connectivity index (χ3v) is 15.5. The van der Waals surface area contributed by atoms with Gasteiger partial charge in [-0.2, -0.15) is 0 Å². The van der Waals surface area contributed by atoms with Gasteiger partial charge in [0.25, 0.3) is 17.0 Å². The summed E-state index contributed by atoms with van der Waals surface area (Å²) in [5.41, 5.74) is 15.5. The van der Waals surface area contributed by atoms with Crippen LogP contribution in [0.15, 0.2) is 54.9 Å². The van der Waals surface area contributed by atoms with Crippen molar-refractivity contribution in [2.45, 2.75) is 170 Å². The van der Waals surface area contributed by atoms with E-state index < -0.39 is 5.97 Å². The highest BCUT2D eigenvalue weighted by Gasteiger charge is 2.30. The predicted octanol–water partition coefficient (Wildman–Crippen LogP) is 10.9. The van der Waals surface area contributed by atoms with Gasteiger partial charge in [0.2, 0.25) is 0 Å². The van der Waals surface area contributed by atoms with E-state index in [0.717, 1.165) is 92.7 Å². The van der Waals surface area contributed by atoms with Crippen molar-refractivity contribution in [3.05, 3.63) is 122 Å². The molecule has 2 fully saturated rings. The summed E-state index contributed by atoms with van der Waals surface area (Å²) < 4.78 is 1.72. The first-order valence-corrected chi connectivity index (χ1v) is 27.2. The SMILES string of the molecule is CCN(c1cc(Br)cc(C(=O)NCc2c(C(C)C)cc(C)[nH]c2=O)c1C)C1CCC(N(C)C)CC1.CCN(c1cc(Br)cc(C(=O)O)c1C)C1CCC(N(C)C)CC1.Cc1cc(C(C)C)c(CN)c(=O)[nH]1. The molecule has 2 aliphatic rings. The summed E-state index contributed by atoms with van der Waals surface area (Å²) in [5.74, 6) is -0.480. The Hall–Kier alpha value is -4.28. The number of aromatic carboxylic acids is 1. The van der Waals surface area contributed by atoms with Crippen molar-refractivity contribution in [3.8, 4) is 0 Å². The minimum Gasteiger partial charge on any atom is -0.478 e. The van der Waals surface area contributed by atoms with E-state index >= 15 is 0 Å². The van der Waals surface area contributed by atoms with Crippen LogP contribution >= 0.6 is 31.9 Å². The third-order valence-electron chi connectivity index (χ3n) is 14.6. The molecule has 15 heteroatoms. The van der Waals surface area contributed by atoms with Crippen LogP contribution in [0.2, 0.25) is 0 Å². The molecular weight excluding hydrogens is 1020 g/mol. The van der Waals surface area contributed by atoms with Crippen molar-refractivity contribution in [3.63, 3.8) is 0 Å². The molecule has 13 nitrogen and oxygen atoms in total. The predicted molar refractivity (Wildman–Crippen MR) is 301 cm³/mol. The Morgan fingerprint density at radius 2 is 1.00 bits per heavy atom. The summed E-state index contributed by atoms with van der Waals surface area (Å²) in [6, 6.07) is 14.0. The van der Waals surface area contributed by atoms with Crippen molar-refractivity contribution >= 4 is 55.1 Å². The Labute approximate surface area is 441 Å². The number of hydrogen-bond donors (Lipinski definition) is 5. The summed E-state index contributed by atoms with van der Waals surface area (Å²) in [5, 5.41) is 12.4. The van der Waals surface area contributed by atoms with Gasteiger partial charge in [-0.1, -0.05) is 59.6 Å². The molecule has 71 heavy (non-hydrogen) atoms. The van der Waals surface area contributed by atoms with Gasteiger partial charge >= 0.3 is 5.97 Å². The largest absolute Gasteiger partial charge is 0.478 e. The number of nitrogens with one attached hydrogen (secondary N) is 3. The van der Waals surface area contributed by atoms with Crippen LogP contribution in [0.3, 0.4) is 0 Å². The molecule has 0 saturated heterocycles. The van der Waals surface area contributed by atoms with Crippen LogP contribution in [0.25, 0.3) is 0 Å². The second kappa shape index (κ2) is 27.1. The number of carboxylic acid groups (broad SMARTS) is 1. The van der Waals surface area contributed by atoms with E-state index in [0.29, 0.717) is 58.9 Å². The maximum atomic E-state index is 13.3. The number of pyridine rings is 2. The van der Waals surface area contributed by atoms with E-state index in [9.17, 15) is 24.3 Å². The quantitative estimate of drug-likeness (QED) is 0.0772. The molecule has 0 bridgehead atoms. The van der Waals surface area contributed by atoms with Crippen LogP contribution in [-0.2, 0) is 13.1 Å². The highest BCUT2D eigenvalue weighted by molar-refractivity contribution is 9.10. The topological polar surface area (TPSA) is 171 Å². The molecule has 2 aliphatic carbocycles. The van der Waals surface area contributed by atoms with Gasteiger partial charge in [-0.15, -0.1) is 0 Å². The number of H-pyrrole nitrogens is 2. The Morgan fingerprint density at radius 3 is 1.37 bits per heavy atom. The van der Waals surface area contributed by atoms with Gasteiger partial charge in [-0.3, -0.25) is 14.4 Å². The number of benzene rings is 2. The molecule has 0 unspecified atom stereocenters. The van der Waals surface area contributed by atoms with Crippen molar-refractivity contribution in [2.24, 2.45) is 5.73 Å². The zero-order chi connectivity index (χ0) is 53.0. The Morgan fingerprint density at radius 1 is 0.634 bits per heavy atom. The molecule has 392 valence electrons. The zero-order valence-electron chi connectivity index (χ0n) is 45.1. The monoisotopic (exact) mass is 1110 g/mol. The standard InChI is InChI=1S/C28H41BrN4O2.C18H27BrN2O2.C10H16N2O/c1-8-33(22-11-9-21(10-12-22)32(6)7)26-15-20(29)14-24(19(26)5)27(34)30-16-25-23(17(2)3)13-18(4)31-28(25)35;1-5-21(15-8-6-14(7-9-15)20(3)4)17-11-13(19)10-16(12(17)2)18(22)23;1-6(2)8-4-7(3)12-10(13)9(8)5-11/h13-15,17,21-22H,8-12,16H2,1-7H3,(H,30,34)(H,31,35);10-11,14-15H,5-9H2,1-4H3,(H,22,23);4,6H,5,11H2,1-3H3,(H,12,13). The number of carbonyl (C=O) groups is 2. The molecule has 2 aromatic carbocycles. The molecule has 4 aromatic rings. The van der Waals surface area contributed by atoms with Crippen molar-refractivity contribution in [1.82, 2.24) is 25.1 Å². The molecule has 2 aromatic heterocycles. The zero-order valence-corrected chi connectivity index (χ0v) is 48.3. The maximum Gasteiger partial charge on any atom is 0.336 e. The Kier molecular flexibility index (Phi) is 22.7. The molecule has 0 radical (unpaired) electrons. The fourth-order valence-electron chi connectivity index (χ4n) is 10.6. The molecular formula is C56H84Br2N8O5. The first-order chi connectivity index (χ1) is 33.4. The number of halogens is 2. The van der Waals surface area contributed by atoms with E-state index in [4.69, 9.17) is 5.73 Å². The summed E-state index contributed by atoms with van der Waals surface area (Å²) in [6.45, 7) is 22.6. The Bertz CT molecular complexity index is 2540. The van der Waals surface area contributed by atoms with Crippen LogP contribution in [0.4, 0.5) is 11.4 Å². The number of rotatable bonds is 15. The summed E-state index contributed by atoms with van der Waals surface area (Å²) >= 11 is 7.11. The van der Waals surface area contributed by atoms with E-state index in [1.165, 1.54) is 25.7 Å². The fourth-order valence-corrected chi connectivity index (χ4v) is 11.5. The molecule has 0 atom stereocenters. The minimum absolute atomic E-state index is 0.0498. The van der Waals surface area contributed by atoms with E-state index in [2.05, 4.69) is 149 Å². The lowest BCUT2D eigenvalue weighted by atomic mass is 9.89. The number of nitrogens with zero attached hydrogens (tertiary/aromatic N) is 4. The van der Waals surface area contributed by atoms with Crippen molar-refractivity contribution in [2.75, 3.05) is 51.1 Å². The molecule has 2 heterocycles. The smallest absolute Gasteiger partial charge is 0.336 e. The first-order valence-electron chi connectivity index (χ1n) is 25.6. The van der Waals surface area contributed by atoms with E-state index in [1.807, 2.05) is 45.9 Å². The summed E-state index contributed by atoms with van der Waals surface area (Å²) in [6.07, 6.45) is 9.41. The summed E-state index contributed by atoms with van der Waals surface area (Å²) in [7, 11) is 8.64. The number of carbonyl (C=O) groups excluding carboxylic acids is 1. The van der Waals surface area contributed by atoms with Gasteiger partial charge in [0, 0.05) is 98.7 Å². The number of aromatic amines is 2. The third kappa shape index (κ3) is 15.6. The van der Waals surface area contributed by atoms with Crippen LogP contribution < -0.4 is 32.0 Å². The lowest BCUT2D eigenvalue weighted by Crippen LogP contribution is -2.42. The maximum absolute atomic E-state index is 13.3. The van der Waals surface area contributed by atoms with Crippen LogP contribution in [0.1, 0.15) is 170 Å². The Balaban J connectivity index is 0.000000259. The molecule has 6 N–H and O–H groups in total. The molecule has 2 saturated carbocycles. The lowest BCUT2D eigenvalue weighted by Gasteiger charge is -2.40. The van der Waals surface area contributed by atoms with Crippen molar-refractivity contribution < 1.29 is 14.7 Å². The highest BCUT2D eigenvalue weighted by atomic mass is 79.9. The van der Waals surface area contributed by atoms with E-state index in [-0.39, 0.29) is 29.5 Å². The van der Waals surface area contributed by atoms with Gasteiger partial charge in [0.05, 0.1) is 5.56 Å². The van der Waals surface area contributed by atoms with Gasteiger partial charge in [-0.25, -0.2) is 4.79 Å². The van der Waals surface area contributed by atoms with Gasteiger partial charge in [0.1, 0.15) is 0 Å². The minimum atomic E-state index is -0.864. The lowest BCUT2D eigenvalue weighted by molar-refractivity contribution is 0.0695. The average Bonchev–Trinajstić information content (AvgIpc) is 3.31. The normalized spacial score (nSPS) is 17.9. The van der Waals surface area contributed by atoms with Crippen LogP contribution in [0.5, 0.6) is 0 Å². The number of nitrogens with two attached hydrogens (primary N) is 1. The second-order valence-electron chi connectivity index (χ2n) is 20.6. The molecule has 6 rings (SSSR count). The molecule has 0 aliphatic heterocycles. The summed E-state index contributed by atoms with van der Waals surface area (Å²) in [4.78, 5) is 64.0. The first kappa shape index (κ1) is 59.3. The number of aromatic nitrogens is 2. The van der Waals surface area contributed by atoms with E-state index in [1.54, 1.807) is 6.07 Å². The number of carboxylic acids is 1. The van der Waals surface area contributed by atoms with Crippen LogP contribution in [0, 0.1) is 27.7 Å². The number of hydrogen-bond acceptors (Lipinski definition) is 9. The molecule has 0 spiro atoms. The number of amides is 1.